The lowest BCUT2D eigenvalue weighted by Gasteiger charge is -2.20. The predicted molar refractivity (Wildman–Crippen MR) is 58.6 cm³/mol. The molecule has 4 nitrogen and oxygen atoms in total. The number of hydrogen-bond acceptors (Lipinski definition) is 3. The number of carbonyl (C=O) groups excluding carboxylic acids is 2. The smallest absolute Gasteiger partial charge is 0.233 e. The lowest BCUT2D eigenvalue weighted by atomic mass is 9.85. The molecule has 2 saturated carbocycles. The SMILES string of the molecule is O=C1[C@@H]2[C@H](C(=O)N1CCO)[C@@H]1C=C[C@H]2C12CC2. The molecule has 1 saturated heterocycles. The van der Waals surface area contributed by atoms with Gasteiger partial charge in [-0.3, -0.25) is 14.5 Å². The van der Waals surface area contributed by atoms with Crippen molar-refractivity contribution in [3.8, 4) is 0 Å². The monoisotopic (exact) mass is 233 g/mol. The summed E-state index contributed by atoms with van der Waals surface area (Å²) >= 11 is 0. The Morgan fingerprint density at radius 3 is 2.12 bits per heavy atom. The van der Waals surface area contributed by atoms with E-state index >= 15 is 0 Å². The molecule has 4 heteroatoms. The van der Waals surface area contributed by atoms with Crippen molar-refractivity contribution < 1.29 is 14.7 Å². The van der Waals surface area contributed by atoms with Gasteiger partial charge in [0.15, 0.2) is 0 Å². The first-order valence-electron chi connectivity index (χ1n) is 6.35. The van der Waals surface area contributed by atoms with Crippen LogP contribution in [-0.2, 0) is 9.59 Å². The van der Waals surface area contributed by atoms with Gasteiger partial charge in [0.1, 0.15) is 0 Å². The second-order valence-electron chi connectivity index (χ2n) is 5.77. The zero-order valence-electron chi connectivity index (χ0n) is 9.50. The van der Waals surface area contributed by atoms with Crippen molar-refractivity contribution in [2.45, 2.75) is 12.8 Å². The lowest BCUT2D eigenvalue weighted by Crippen LogP contribution is -2.36. The van der Waals surface area contributed by atoms with Crippen molar-refractivity contribution in [3.63, 3.8) is 0 Å². The van der Waals surface area contributed by atoms with Crippen LogP contribution in [0.1, 0.15) is 12.8 Å². The molecule has 4 rings (SSSR count). The largest absolute Gasteiger partial charge is 0.395 e. The van der Waals surface area contributed by atoms with E-state index in [1.165, 1.54) is 17.7 Å². The summed E-state index contributed by atoms with van der Waals surface area (Å²) in [4.78, 5) is 25.8. The standard InChI is InChI=1S/C13H15NO3/c15-6-5-14-11(16)9-7-1-2-8(10(9)12(14)17)13(7)3-4-13/h1-2,7-10,15H,3-6H2/t7-,8+,9+,10-. The maximum absolute atomic E-state index is 12.3. The third kappa shape index (κ3) is 0.910. The van der Waals surface area contributed by atoms with Crippen molar-refractivity contribution in [3.05, 3.63) is 12.2 Å². The van der Waals surface area contributed by atoms with E-state index in [1.807, 2.05) is 0 Å². The van der Waals surface area contributed by atoms with Gasteiger partial charge in [-0.15, -0.1) is 0 Å². The number of β-amino-alcohol motifs (C(OH)–C–C–N with tert-alkyl or cyclic N) is 1. The van der Waals surface area contributed by atoms with Crippen LogP contribution >= 0.6 is 0 Å². The highest BCUT2D eigenvalue weighted by atomic mass is 16.3. The second kappa shape index (κ2) is 2.80. The molecule has 3 aliphatic carbocycles. The van der Waals surface area contributed by atoms with Crippen LogP contribution in [0.4, 0.5) is 0 Å². The van der Waals surface area contributed by atoms with Gasteiger partial charge in [-0.25, -0.2) is 0 Å². The van der Waals surface area contributed by atoms with Crippen molar-refractivity contribution in [1.82, 2.24) is 4.90 Å². The van der Waals surface area contributed by atoms with Crippen LogP contribution in [-0.4, -0.2) is 35.0 Å². The summed E-state index contributed by atoms with van der Waals surface area (Å²) in [5.41, 5.74) is 0.270. The molecule has 2 bridgehead atoms. The Kier molecular flexibility index (Phi) is 1.62. The van der Waals surface area contributed by atoms with E-state index < -0.39 is 0 Å². The Morgan fingerprint density at radius 2 is 1.71 bits per heavy atom. The van der Waals surface area contributed by atoms with Gasteiger partial charge in [0.25, 0.3) is 0 Å². The van der Waals surface area contributed by atoms with E-state index in [-0.39, 0.29) is 54.1 Å². The Bertz CT molecular complexity index is 418. The molecule has 3 fully saturated rings. The molecule has 1 heterocycles. The summed E-state index contributed by atoms with van der Waals surface area (Å²) < 4.78 is 0. The van der Waals surface area contributed by atoms with Crippen LogP contribution in [0.15, 0.2) is 12.2 Å². The zero-order valence-corrected chi connectivity index (χ0v) is 9.50. The number of fused-ring (bicyclic) bond motifs is 3. The molecule has 1 spiro atoms. The van der Waals surface area contributed by atoms with Crippen LogP contribution in [0.3, 0.4) is 0 Å². The van der Waals surface area contributed by atoms with Gasteiger partial charge in [-0.1, -0.05) is 12.2 Å². The van der Waals surface area contributed by atoms with Gasteiger partial charge in [-0.2, -0.15) is 0 Å². The minimum Gasteiger partial charge on any atom is -0.395 e. The number of imide groups is 1. The normalized spacial score (nSPS) is 43.9. The van der Waals surface area contributed by atoms with E-state index in [1.54, 1.807) is 0 Å². The molecular weight excluding hydrogens is 218 g/mol. The van der Waals surface area contributed by atoms with Gasteiger partial charge >= 0.3 is 0 Å². The molecule has 17 heavy (non-hydrogen) atoms. The summed E-state index contributed by atoms with van der Waals surface area (Å²) in [5, 5.41) is 8.93. The van der Waals surface area contributed by atoms with Crippen LogP contribution in [0, 0.1) is 29.1 Å². The van der Waals surface area contributed by atoms with E-state index in [0.29, 0.717) is 0 Å². The molecule has 0 aromatic carbocycles. The van der Waals surface area contributed by atoms with Gasteiger partial charge in [-0.05, 0) is 30.1 Å². The summed E-state index contributed by atoms with van der Waals surface area (Å²) in [6, 6.07) is 0. The molecule has 1 aliphatic heterocycles. The van der Waals surface area contributed by atoms with Crippen molar-refractivity contribution in [2.75, 3.05) is 13.2 Å². The molecule has 0 aromatic rings. The van der Waals surface area contributed by atoms with E-state index in [9.17, 15) is 9.59 Å². The number of nitrogens with zero attached hydrogens (tertiary/aromatic N) is 1. The maximum atomic E-state index is 12.3. The fraction of sp³-hybridized carbons (Fsp3) is 0.692. The number of carbonyl (C=O) groups is 2. The van der Waals surface area contributed by atoms with Gasteiger partial charge in [0, 0.05) is 0 Å². The Hall–Kier alpha value is -1.16. The first kappa shape index (κ1) is 9.83. The van der Waals surface area contributed by atoms with E-state index in [2.05, 4.69) is 12.2 Å². The molecule has 90 valence electrons. The quantitative estimate of drug-likeness (QED) is 0.546. The third-order valence-corrected chi connectivity index (χ3v) is 5.27. The van der Waals surface area contributed by atoms with E-state index in [0.717, 1.165) is 0 Å². The summed E-state index contributed by atoms with van der Waals surface area (Å²) in [5.74, 6) is 0.253. The number of aliphatic hydroxyl groups is 1. The third-order valence-electron chi connectivity index (χ3n) is 5.27. The van der Waals surface area contributed by atoms with Crippen molar-refractivity contribution in [1.29, 1.82) is 0 Å². The maximum Gasteiger partial charge on any atom is 0.233 e. The van der Waals surface area contributed by atoms with Gasteiger partial charge in [0.2, 0.25) is 11.8 Å². The summed E-state index contributed by atoms with van der Waals surface area (Å²) in [7, 11) is 0. The number of allylic oxidation sites excluding steroid dienone is 2. The molecule has 1 N–H and O–H groups in total. The minimum absolute atomic E-state index is 0.0443. The van der Waals surface area contributed by atoms with Gasteiger partial charge < -0.3 is 5.11 Å². The number of hydrogen-bond donors (Lipinski definition) is 1. The number of amides is 2. The zero-order chi connectivity index (χ0) is 11.8. The number of likely N-dealkylation sites (tertiary alicyclic amines) is 1. The Morgan fingerprint density at radius 1 is 1.18 bits per heavy atom. The molecule has 2 amide bonds. The molecule has 0 radical (unpaired) electrons. The Balaban J connectivity index is 1.74. The van der Waals surface area contributed by atoms with Gasteiger partial charge in [0.05, 0.1) is 25.0 Å². The van der Waals surface area contributed by atoms with Crippen molar-refractivity contribution >= 4 is 11.8 Å². The second-order valence-corrected chi connectivity index (χ2v) is 5.77. The van der Waals surface area contributed by atoms with Crippen LogP contribution < -0.4 is 0 Å². The fourth-order valence-corrected chi connectivity index (χ4v) is 4.46. The fourth-order valence-electron chi connectivity index (χ4n) is 4.46. The highest BCUT2D eigenvalue weighted by Gasteiger charge is 2.73. The average Bonchev–Trinajstić information content (AvgIpc) is 2.93. The van der Waals surface area contributed by atoms with Crippen LogP contribution in [0.5, 0.6) is 0 Å². The Labute approximate surface area is 99.3 Å². The van der Waals surface area contributed by atoms with Crippen molar-refractivity contribution in [2.24, 2.45) is 29.1 Å². The molecule has 4 aliphatic rings. The molecular formula is C13H15NO3. The van der Waals surface area contributed by atoms with Crippen LogP contribution in [0.2, 0.25) is 0 Å². The van der Waals surface area contributed by atoms with E-state index in [4.69, 9.17) is 5.11 Å². The molecule has 0 unspecified atom stereocenters. The average molecular weight is 233 g/mol. The first-order valence-corrected chi connectivity index (χ1v) is 6.35. The highest BCUT2D eigenvalue weighted by molar-refractivity contribution is 6.06. The predicted octanol–water partition coefficient (Wildman–Crippen LogP) is 0.176. The minimum atomic E-state index is -0.134. The summed E-state index contributed by atoms with van der Waals surface area (Å²) in [6.07, 6.45) is 6.66. The molecule has 0 aromatic heterocycles. The topological polar surface area (TPSA) is 57.6 Å². The molecule has 4 atom stereocenters. The number of aliphatic hydroxyl groups excluding tert-OH is 1. The highest BCUT2D eigenvalue weighted by Crippen LogP contribution is 2.73. The number of rotatable bonds is 2. The first-order chi connectivity index (χ1) is 8.20. The summed E-state index contributed by atoms with van der Waals surface area (Å²) in [6.45, 7) is 0.0297. The lowest BCUT2D eigenvalue weighted by molar-refractivity contribution is -0.141. The van der Waals surface area contributed by atoms with Crippen LogP contribution in [0.25, 0.3) is 0 Å².